The molecule has 0 aliphatic rings. The number of hydrogen-bond donors (Lipinski definition) is 0. The van der Waals surface area contributed by atoms with Crippen molar-refractivity contribution in [1.82, 2.24) is 0 Å². The Balaban J connectivity index is 2.37. The van der Waals surface area contributed by atoms with Gasteiger partial charge in [-0.15, -0.1) is 0 Å². The second-order valence-electron chi connectivity index (χ2n) is 6.12. The third kappa shape index (κ3) is 7.82. The lowest BCUT2D eigenvalue weighted by atomic mass is 10.1. The fourth-order valence-electron chi connectivity index (χ4n) is 2.02. The van der Waals surface area contributed by atoms with Crippen LogP contribution in [0, 0.1) is 5.92 Å². The van der Waals surface area contributed by atoms with Crippen molar-refractivity contribution >= 4 is 11.9 Å². The van der Waals surface area contributed by atoms with Crippen LogP contribution in [0.1, 0.15) is 73.6 Å². The molecule has 0 aliphatic carbocycles. The van der Waals surface area contributed by atoms with E-state index in [1.807, 2.05) is 13.8 Å². The van der Waals surface area contributed by atoms with Crippen molar-refractivity contribution < 1.29 is 19.1 Å². The summed E-state index contributed by atoms with van der Waals surface area (Å²) in [5, 5.41) is 0. The van der Waals surface area contributed by atoms with Crippen LogP contribution in [-0.4, -0.2) is 25.2 Å². The van der Waals surface area contributed by atoms with Gasteiger partial charge in [0.05, 0.1) is 24.3 Å². The number of unbranched alkanes of at least 4 members (excludes halogenated alkanes) is 4. The Morgan fingerprint density at radius 3 is 1.91 bits per heavy atom. The summed E-state index contributed by atoms with van der Waals surface area (Å²) in [6.45, 7) is 6.97. The average molecular weight is 320 g/mol. The largest absolute Gasteiger partial charge is 0.462 e. The van der Waals surface area contributed by atoms with Gasteiger partial charge in [0.15, 0.2) is 0 Å². The molecule has 0 fully saturated rings. The molecule has 23 heavy (non-hydrogen) atoms. The van der Waals surface area contributed by atoms with Gasteiger partial charge in [-0.05, 0) is 36.6 Å². The third-order valence-corrected chi connectivity index (χ3v) is 3.39. The maximum Gasteiger partial charge on any atom is 0.338 e. The van der Waals surface area contributed by atoms with Gasteiger partial charge < -0.3 is 9.47 Å². The van der Waals surface area contributed by atoms with Crippen molar-refractivity contribution in [1.29, 1.82) is 0 Å². The van der Waals surface area contributed by atoms with E-state index in [0.717, 1.165) is 12.8 Å². The average Bonchev–Trinajstić information content (AvgIpc) is 2.55. The van der Waals surface area contributed by atoms with Gasteiger partial charge in [0.25, 0.3) is 0 Å². The second kappa shape index (κ2) is 10.8. The van der Waals surface area contributed by atoms with E-state index in [4.69, 9.17) is 9.47 Å². The van der Waals surface area contributed by atoms with Gasteiger partial charge in [0.1, 0.15) is 0 Å². The molecule has 4 heteroatoms. The van der Waals surface area contributed by atoms with Crippen LogP contribution < -0.4 is 0 Å². The van der Waals surface area contributed by atoms with Crippen LogP contribution >= 0.6 is 0 Å². The van der Waals surface area contributed by atoms with Crippen LogP contribution in [0.3, 0.4) is 0 Å². The standard InChI is InChI=1S/C19H28O4/c1-4-5-6-7-8-13-22-18(20)16-9-11-17(12-10-16)19(21)23-14-15(2)3/h9-12,15H,4-8,13-14H2,1-3H3. The summed E-state index contributed by atoms with van der Waals surface area (Å²) >= 11 is 0. The molecule has 0 amide bonds. The molecule has 0 heterocycles. The number of benzene rings is 1. The molecule has 0 unspecified atom stereocenters. The third-order valence-electron chi connectivity index (χ3n) is 3.39. The highest BCUT2D eigenvalue weighted by Crippen LogP contribution is 2.09. The lowest BCUT2D eigenvalue weighted by molar-refractivity contribution is 0.0454. The lowest BCUT2D eigenvalue weighted by Gasteiger charge is -2.08. The van der Waals surface area contributed by atoms with Gasteiger partial charge in [-0.3, -0.25) is 0 Å². The highest BCUT2D eigenvalue weighted by atomic mass is 16.5. The Morgan fingerprint density at radius 2 is 1.39 bits per heavy atom. The first kappa shape index (κ1) is 19.2. The van der Waals surface area contributed by atoms with E-state index in [1.165, 1.54) is 19.3 Å². The van der Waals surface area contributed by atoms with Crippen molar-refractivity contribution in [3.05, 3.63) is 35.4 Å². The van der Waals surface area contributed by atoms with E-state index < -0.39 is 0 Å². The minimum Gasteiger partial charge on any atom is -0.462 e. The first-order valence-corrected chi connectivity index (χ1v) is 8.49. The number of rotatable bonds is 10. The molecule has 0 spiro atoms. The maximum absolute atomic E-state index is 11.9. The molecule has 0 atom stereocenters. The minimum atomic E-state index is -0.366. The predicted octanol–water partition coefficient (Wildman–Crippen LogP) is 4.63. The van der Waals surface area contributed by atoms with Gasteiger partial charge in [-0.2, -0.15) is 0 Å². The summed E-state index contributed by atoms with van der Waals surface area (Å²) in [5.74, 6) is -0.414. The Hall–Kier alpha value is -1.84. The zero-order valence-electron chi connectivity index (χ0n) is 14.5. The van der Waals surface area contributed by atoms with Gasteiger partial charge in [-0.25, -0.2) is 9.59 Å². The zero-order chi connectivity index (χ0) is 17.1. The number of ether oxygens (including phenoxy) is 2. The summed E-state index contributed by atoms with van der Waals surface area (Å²) in [4.78, 5) is 23.7. The number of esters is 2. The van der Waals surface area contributed by atoms with Crippen LogP contribution in [0.4, 0.5) is 0 Å². The molecule has 1 aromatic rings. The van der Waals surface area contributed by atoms with Crippen LogP contribution in [0.15, 0.2) is 24.3 Å². The van der Waals surface area contributed by atoms with E-state index in [1.54, 1.807) is 24.3 Å². The van der Waals surface area contributed by atoms with Crippen LogP contribution in [0.2, 0.25) is 0 Å². The summed E-state index contributed by atoms with van der Waals surface area (Å²) < 4.78 is 10.4. The summed E-state index contributed by atoms with van der Waals surface area (Å²) in [7, 11) is 0. The molecular weight excluding hydrogens is 292 g/mol. The number of hydrogen-bond acceptors (Lipinski definition) is 4. The first-order valence-electron chi connectivity index (χ1n) is 8.49. The van der Waals surface area contributed by atoms with E-state index in [9.17, 15) is 9.59 Å². The minimum absolute atomic E-state index is 0.297. The zero-order valence-corrected chi connectivity index (χ0v) is 14.5. The van der Waals surface area contributed by atoms with Gasteiger partial charge in [0.2, 0.25) is 0 Å². The lowest BCUT2D eigenvalue weighted by Crippen LogP contribution is -2.11. The van der Waals surface area contributed by atoms with Crippen LogP contribution in [0.25, 0.3) is 0 Å². The summed E-state index contributed by atoms with van der Waals surface area (Å²) in [5.41, 5.74) is 0.903. The Bertz CT molecular complexity index is 477. The van der Waals surface area contributed by atoms with Crippen molar-refractivity contribution in [3.63, 3.8) is 0 Å². The summed E-state index contributed by atoms with van der Waals surface area (Å²) in [6, 6.07) is 6.40. The monoisotopic (exact) mass is 320 g/mol. The smallest absolute Gasteiger partial charge is 0.338 e. The molecule has 1 rings (SSSR count). The highest BCUT2D eigenvalue weighted by molar-refractivity contribution is 5.93. The van der Waals surface area contributed by atoms with Gasteiger partial charge in [-0.1, -0.05) is 46.5 Å². The molecule has 4 nitrogen and oxygen atoms in total. The van der Waals surface area contributed by atoms with E-state index in [2.05, 4.69) is 6.92 Å². The summed E-state index contributed by atoms with van der Waals surface area (Å²) in [6.07, 6.45) is 5.59. The molecular formula is C19H28O4. The van der Waals surface area contributed by atoms with Crippen molar-refractivity contribution in [2.24, 2.45) is 5.92 Å². The normalized spacial score (nSPS) is 10.6. The molecule has 0 radical (unpaired) electrons. The molecule has 0 N–H and O–H groups in total. The quantitative estimate of drug-likeness (QED) is 0.466. The second-order valence-corrected chi connectivity index (χ2v) is 6.12. The first-order chi connectivity index (χ1) is 11.0. The van der Waals surface area contributed by atoms with Crippen LogP contribution in [0.5, 0.6) is 0 Å². The van der Waals surface area contributed by atoms with Crippen molar-refractivity contribution in [3.8, 4) is 0 Å². The van der Waals surface area contributed by atoms with Crippen LogP contribution in [-0.2, 0) is 9.47 Å². The Labute approximate surface area is 139 Å². The van der Waals surface area contributed by atoms with Crippen molar-refractivity contribution in [2.45, 2.75) is 52.9 Å². The SMILES string of the molecule is CCCCCCCOC(=O)c1ccc(C(=O)OCC(C)C)cc1. The topological polar surface area (TPSA) is 52.6 Å². The molecule has 1 aromatic carbocycles. The Kier molecular flexibility index (Phi) is 9.03. The number of carbonyl (C=O) groups excluding carboxylic acids is 2. The Morgan fingerprint density at radius 1 is 0.870 bits per heavy atom. The number of carbonyl (C=O) groups is 2. The van der Waals surface area contributed by atoms with Crippen molar-refractivity contribution in [2.75, 3.05) is 13.2 Å². The fraction of sp³-hybridized carbons (Fsp3) is 0.579. The molecule has 0 saturated heterocycles. The van der Waals surface area contributed by atoms with E-state index in [0.29, 0.717) is 30.3 Å². The van der Waals surface area contributed by atoms with Gasteiger partial charge in [0, 0.05) is 0 Å². The van der Waals surface area contributed by atoms with E-state index in [-0.39, 0.29) is 11.9 Å². The highest BCUT2D eigenvalue weighted by Gasteiger charge is 2.11. The molecule has 0 saturated carbocycles. The maximum atomic E-state index is 11.9. The van der Waals surface area contributed by atoms with E-state index >= 15 is 0 Å². The predicted molar refractivity (Wildman–Crippen MR) is 90.6 cm³/mol. The molecule has 0 aliphatic heterocycles. The molecule has 0 bridgehead atoms. The fourth-order valence-corrected chi connectivity index (χ4v) is 2.02. The molecule has 0 aromatic heterocycles. The molecule has 128 valence electrons. The van der Waals surface area contributed by atoms with Gasteiger partial charge >= 0.3 is 11.9 Å².